The Labute approximate surface area is 121 Å². The van der Waals surface area contributed by atoms with E-state index in [0.29, 0.717) is 17.3 Å². The minimum atomic E-state index is 0.227. The van der Waals surface area contributed by atoms with Crippen LogP contribution in [0.5, 0.6) is 0 Å². The van der Waals surface area contributed by atoms with Crippen LogP contribution in [0.25, 0.3) is 0 Å². The number of rotatable bonds is 2. The molecule has 0 aliphatic heterocycles. The van der Waals surface area contributed by atoms with Gasteiger partial charge in [0, 0.05) is 5.92 Å². The van der Waals surface area contributed by atoms with E-state index >= 15 is 0 Å². The predicted octanol–water partition coefficient (Wildman–Crippen LogP) is 5.34. The maximum absolute atomic E-state index is 11.0. The van der Waals surface area contributed by atoms with Crippen molar-refractivity contribution in [3.05, 3.63) is 10.6 Å². The summed E-state index contributed by atoms with van der Waals surface area (Å²) < 4.78 is 0. The van der Waals surface area contributed by atoms with E-state index in [1.54, 1.807) is 5.57 Å². The number of aldehydes is 1. The Morgan fingerprint density at radius 3 is 2.61 bits per heavy atom. The first-order chi connectivity index (χ1) is 8.63. The summed E-state index contributed by atoms with van der Waals surface area (Å²) in [7, 11) is 0. The van der Waals surface area contributed by atoms with Crippen molar-refractivity contribution >= 4 is 22.2 Å². The average Bonchev–Trinajstić information content (AvgIpc) is 2.77. The molecule has 3 unspecified atom stereocenters. The summed E-state index contributed by atoms with van der Waals surface area (Å²) in [4.78, 5) is 13.2. The molecule has 0 N–H and O–H groups in total. The fourth-order valence-corrected chi connectivity index (χ4v) is 4.72. The van der Waals surface area contributed by atoms with Crippen LogP contribution >= 0.6 is 15.9 Å². The van der Waals surface area contributed by atoms with Crippen LogP contribution in [0.1, 0.15) is 59.8 Å². The van der Waals surface area contributed by atoms with Gasteiger partial charge in [-0.1, -0.05) is 49.2 Å². The number of hydrogen-bond donors (Lipinski definition) is 0. The Morgan fingerprint density at radius 2 is 2.06 bits per heavy atom. The zero-order valence-corrected chi connectivity index (χ0v) is 13.8. The highest BCUT2D eigenvalue weighted by molar-refractivity contribution is 9.11. The van der Waals surface area contributed by atoms with Gasteiger partial charge in [0.15, 0.2) is 0 Å². The van der Waals surface area contributed by atoms with Gasteiger partial charge >= 0.3 is 0 Å². The Bertz CT molecular complexity index is 310. The van der Waals surface area contributed by atoms with E-state index < -0.39 is 0 Å². The minimum Gasteiger partial charge on any atom is -0.303 e. The van der Waals surface area contributed by atoms with E-state index in [9.17, 15) is 4.79 Å². The molecule has 104 valence electrons. The summed E-state index contributed by atoms with van der Waals surface area (Å²) in [6.45, 7) is 8.50. The summed E-state index contributed by atoms with van der Waals surface area (Å²) >= 11 is 3.51. The first kappa shape index (κ1) is 15.9. The van der Waals surface area contributed by atoms with Crippen LogP contribution in [0.2, 0.25) is 0 Å². The highest BCUT2D eigenvalue weighted by atomic mass is 79.9. The Balaban J connectivity index is 0.000000771. The number of hydrogen-bond acceptors (Lipinski definition) is 1. The number of allylic oxidation sites excluding steroid dienone is 1. The summed E-state index contributed by atoms with van der Waals surface area (Å²) in [6, 6.07) is 0. The van der Waals surface area contributed by atoms with Gasteiger partial charge in [-0.25, -0.2) is 0 Å². The van der Waals surface area contributed by atoms with E-state index in [2.05, 4.69) is 34.8 Å². The largest absolute Gasteiger partial charge is 0.303 e. The summed E-state index contributed by atoms with van der Waals surface area (Å²) in [5.74, 6) is 1.54. The Kier molecular flexibility index (Phi) is 6.10. The van der Waals surface area contributed by atoms with Gasteiger partial charge in [-0.05, 0) is 54.3 Å². The van der Waals surface area contributed by atoms with Crippen LogP contribution in [-0.2, 0) is 4.79 Å². The lowest BCUT2D eigenvalue weighted by atomic mass is 9.61. The van der Waals surface area contributed by atoms with E-state index in [-0.39, 0.29) is 5.92 Å². The van der Waals surface area contributed by atoms with Crippen molar-refractivity contribution in [2.45, 2.75) is 59.8 Å². The molecule has 2 saturated carbocycles. The van der Waals surface area contributed by atoms with E-state index in [1.165, 1.54) is 32.1 Å². The first-order valence-electron chi connectivity index (χ1n) is 7.38. The van der Waals surface area contributed by atoms with Crippen molar-refractivity contribution in [1.29, 1.82) is 0 Å². The molecule has 0 heterocycles. The number of carbonyl (C=O) groups is 1. The molecule has 2 rings (SSSR count). The first-order valence-corrected chi connectivity index (χ1v) is 8.29. The van der Waals surface area contributed by atoms with Crippen molar-refractivity contribution in [2.75, 3.05) is 0 Å². The van der Waals surface area contributed by atoms with Gasteiger partial charge in [-0.15, -0.1) is 0 Å². The summed E-state index contributed by atoms with van der Waals surface area (Å²) in [5, 5.41) is 0. The maximum Gasteiger partial charge on any atom is 0.123 e. The molecule has 2 aliphatic carbocycles. The van der Waals surface area contributed by atoms with Crippen molar-refractivity contribution in [1.82, 2.24) is 0 Å². The van der Waals surface area contributed by atoms with Crippen molar-refractivity contribution < 1.29 is 4.79 Å². The molecule has 2 heteroatoms. The minimum absolute atomic E-state index is 0.227. The Hall–Kier alpha value is -0.110. The summed E-state index contributed by atoms with van der Waals surface area (Å²) in [5.41, 5.74) is 1.95. The smallest absolute Gasteiger partial charge is 0.123 e. The van der Waals surface area contributed by atoms with Gasteiger partial charge in [0.2, 0.25) is 0 Å². The normalized spacial score (nSPS) is 38.6. The second-order valence-electron chi connectivity index (χ2n) is 5.78. The van der Waals surface area contributed by atoms with Gasteiger partial charge in [-0.2, -0.15) is 0 Å². The van der Waals surface area contributed by atoms with Crippen LogP contribution in [0, 0.1) is 23.2 Å². The molecule has 0 amide bonds. The SMILES string of the molecule is CC.C[C@H](C=O)C1CCC2/C(=C/Br)CCCC21C. The topological polar surface area (TPSA) is 17.1 Å². The van der Waals surface area contributed by atoms with Crippen molar-refractivity contribution in [3.8, 4) is 0 Å². The lowest BCUT2D eigenvalue weighted by Gasteiger charge is -2.43. The lowest BCUT2D eigenvalue weighted by Crippen LogP contribution is -2.36. The third-order valence-corrected chi connectivity index (χ3v) is 5.62. The van der Waals surface area contributed by atoms with Gasteiger partial charge in [-0.3, -0.25) is 0 Å². The molecule has 0 saturated heterocycles. The van der Waals surface area contributed by atoms with E-state index in [0.717, 1.165) is 6.29 Å². The molecule has 0 aromatic carbocycles. The quantitative estimate of drug-likeness (QED) is 0.628. The third-order valence-electron chi connectivity index (χ3n) is 5.03. The van der Waals surface area contributed by atoms with Crippen LogP contribution < -0.4 is 0 Å². The average molecular weight is 315 g/mol. The molecule has 1 nitrogen and oxygen atoms in total. The second-order valence-corrected chi connectivity index (χ2v) is 6.23. The van der Waals surface area contributed by atoms with E-state index in [1.807, 2.05) is 13.8 Å². The van der Waals surface area contributed by atoms with Crippen LogP contribution in [0.15, 0.2) is 10.6 Å². The second kappa shape index (κ2) is 6.88. The highest BCUT2D eigenvalue weighted by Crippen LogP contribution is 2.59. The van der Waals surface area contributed by atoms with Gasteiger partial charge in [0.05, 0.1) is 0 Å². The van der Waals surface area contributed by atoms with Gasteiger partial charge < -0.3 is 4.79 Å². The number of fused-ring (bicyclic) bond motifs is 1. The standard InChI is InChI=1S/C14H21BrO.C2H6/c1-10(9-16)12-5-6-13-11(8-15)4-3-7-14(12,13)2;1-2/h8-10,12-13H,3-7H2,1-2H3;1-2H3/b11-8+;/t10-,12?,13?,14?;/m1./s1. The monoisotopic (exact) mass is 314 g/mol. The fraction of sp³-hybridized carbons (Fsp3) is 0.812. The number of halogens is 1. The molecule has 18 heavy (non-hydrogen) atoms. The fourth-order valence-electron chi connectivity index (χ4n) is 4.17. The van der Waals surface area contributed by atoms with Crippen LogP contribution in [0.3, 0.4) is 0 Å². The van der Waals surface area contributed by atoms with Gasteiger partial charge in [0.25, 0.3) is 0 Å². The molecular formula is C16H27BrO. The van der Waals surface area contributed by atoms with Crippen LogP contribution in [-0.4, -0.2) is 6.29 Å². The predicted molar refractivity (Wildman–Crippen MR) is 81.8 cm³/mol. The van der Waals surface area contributed by atoms with Crippen LogP contribution in [0.4, 0.5) is 0 Å². The Morgan fingerprint density at radius 1 is 1.39 bits per heavy atom. The zero-order valence-electron chi connectivity index (χ0n) is 12.2. The zero-order chi connectivity index (χ0) is 13.8. The summed E-state index contributed by atoms with van der Waals surface area (Å²) in [6.07, 6.45) is 7.48. The molecule has 0 spiro atoms. The van der Waals surface area contributed by atoms with Crippen molar-refractivity contribution in [3.63, 3.8) is 0 Å². The maximum atomic E-state index is 11.0. The molecule has 0 radical (unpaired) electrons. The molecular weight excluding hydrogens is 288 g/mol. The molecule has 2 aliphatic rings. The van der Waals surface area contributed by atoms with Gasteiger partial charge in [0.1, 0.15) is 6.29 Å². The molecule has 0 aromatic heterocycles. The van der Waals surface area contributed by atoms with E-state index in [4.69, 9.17) is 0 Å². The third kappa shape index (κ3) is 2.74. The highest BCUT2D eigenvalue weighted by Gasteiger charge is 2.50. The lowest BCUT2D eigenvalue weighted by molar-refractivity contribution is -0.113. The van der Waals surface area contributed by atoms with Crippen molar-refractivity contribution in [2.24, 2.45) is 23.2 Å². The number of carbonyl (C=O) groups excluding carboxylic acids is 1. The molecule has 2 fully saturated rings. The molecule has 0 bridgehead atoms. The molecule has 0 aromatic rings. The molecule has 4 atom stereocenters.